The monoisotopic (exact) mass is 237 g/mol. The van der Waals surface area contributed by atoms with Crippen LogP contribution in [0.25, 0.3) is 0 Å². The summed E-state index contributed by atoms with van der Waals surface area (Å²) in [4.78, 5) is 11.8. The molecule has 0 radical (unpaired) electrons. The van der Waals surface area contributed by atoms with Crippen LogP contribution in [0.15, 0.2) is 12.4 Å². The fourth-order valence-electron chi connectivity index (χ4n) is 1.54. The van der Waals surface area contributed by atoms with Crippen LogP contribution in [0.3, 0.4) is 0 Å². The highest BCUT2D eigenvalue weighted by atomic mass is 16.1. The molecule has 4 nitrogen and oxygen atoms in total. The van der Waals surface area contributed by atoms with Gasteiger partial charge < -0.3 is 5.73 Å². The van der Waals surface area contributed by atoms with Crippen LogP contribution >= 0.6 is 0 Å². The average molecular weight is 237 g/mol. The van der Waals surface area contributed by atoms with E-state index in [1.807, 2.05) is 13.2 Å². The van der Waals surface area contributed by atoms with Crippen molar-refractivity contribution in [3.63, 3.8) is 0 Å². The fraction of sp³-hybridized carbons (Fsp3) is 0.692. The van der Waals surface area contributed by atoms with Gasteiger partial charge in [-0.1, -0.05) is 20.8 Å². The van der Waals surface area contributed by atoms with E-state index in [1.54, 1.807) is 10.9 Å². The summed E-state index contributed by atoms with van der Waals surface area (Å²) >= 11 is 0. The first-order valence-electron chi connectivity index (χ1n) is 6.04. The summed E-state index contributed by atoms with van der Waals surface area (Å²) in [7, 11) is 1.88. The van der Waals surface area contributed by atoms with Crippen LogP contribution in [0.1, 0.15) is 39.2 Å². The molecule has 1 unspecified atom stereocenters. The van der Waals surface area contributed by atoms with Gasteiger partial charge in [-0.25, -0.2) is 0 Å². The summed E-state index contributed by atoms with van der Waals surface area (Å²) in [5.41, 5.74) is 7.08. The first-order chi connectivity index (χ1) is 7.79. The molecule has 0 saturated carbocycles. The summed E-state index contributed by atoms with van der Waals surface area (Å²) in [6, 6.07) is -0.0658. The SMILES string of the molecule is Cn1cc(CCC(=O)CC(N)C(C)(C)C)cn1. The van der Waals surface area contributed by atoms with Crippen LogP contribution in [-0.4, -0.2) is 21.6 Å². The van der Waals surface area contributed by atoms with Crippen molar-refractivity contribution < 1.29 is 4.79 Å². The smallest absolute Gasteiger partial charge is 0.134 e. The van der Waals surface area contributed by atoms with Gasteiger partial charge in [-0.15, -0.1) is 0 Å². The van der Waals surface area contributed by atoms with Gasteiger partial charge in [0.2, 0.25) is 0 Å². The lowest BCUT2D eigenvalue weighted by atomic mass is 9.84. The molecule has 2 N–H and O–H groups in total. The Bertz CT molecular complexity index is 376. The molecule has 0 fully saturated rings. The number of aromatic nitrogens is 2. The average Bonchev–Trinajstić information content (AvgIpc) is 2.60. The van der Waals surface area contributed by atoms with Crippen LogP contribution in [0.4, 0.5) is 0 Å². The second-order valence-electron chi connectivity index (χ2n) is 5.74. The van der Waals surface area contributed by atoms with E-state index in [2.05, 4.69) is 25.9 Å². The molecule has 4 heteroatoms. The molecule has 0 bridgehead atoms. The fourth-order valence-corrected chi connectivity index (χ4v) is 1.54. The molecule has 1 heterocycles. The standard InChI is InChI=1S/C13H23N3O/c1-13(2,3)12(14)7-11(17)6-5-10-8-15-16(4)9-10/h8-9,12H,5-7,14H2,1-4H3. The van der Waals surface area contributed by atoms with Crippen molar-refractivity contribution in [2.24, 2.45) is 18.2 Å². The van der Waals surface area contributed by atoms with Gasteiger partial charge in [-0.05, 0) is 17.4 Å². The molecule has 0 aliphatic heterocycles. The molecule has 0 aliphatic rings. The molecule has 0 saturated heterocycles. The Balaban J connectivity index is 2.36. The van der Waals surface area contributed by atoms with Crippen molar-refractivity contribution in [1.82, 2.24) is 9.78 Å². The Morgan fingerprint density at radius 1 is 1.53 bits per heavy atom. The topological polar surface area (TPSA) is 60.9 Å². The van der Waals surface area contributed by atoms with E-state index in [4.69, 9.17) is 5.73 Å². The lowest BCUT2D eigenvalue weighted by Crippen LogP contribution is -2.37. The maximum Gasteiger partial charge on any atom is 0.134 e. The molecule has 1 aromatic rings. The number of carbonyl (C=O) groups is 1. The normalized spacial score (nSPS) is 13.7. The molecule has 0 amide bonds. The van der Waals surface area contributed by atoms with Crippen molar-refractivity contribution >= 4 is 5.78 Å². The molecule has 1 atom stereocenters. The predicted octanol–water partition coefficient (Wildman–Crippen LogP) is 1.69. The Hall–Kier alpha value is -1.16. The minimum absolute atomic E-state index is 0.00996. The predicted molar refractivity (Wildman–Crippen MR) is 68.6 cm³/mol. The third kappa shape index (κ3) is 4.69. The zero-order valence-electron chi connectivity index (χ0n) is 11.2. The second-order valence-corrected chi connectivity index (χ2v) is 5.74. The second kappa shape index (κ2) is 5.45. The molecule has 0 aromatic carbocycles. The highest BCUT2D eigenvalue weighted by molar-refractivity contribution is 5.79. The summed E-state index contributed by atoms with van der Waals surface area (Å²) < 4.78 is 1.75. The number of carbonyl (C=O) groups excluding carboxylic acids is 1. The largest absolute Gasteiger partial charge is 0.327 e. The summed E-state index contributed by atoms with van der Waals surface area (Å²) in [6.07, 6.45) is 5.51. The van der Waals surface area contributed by atoms with Gasteiger partial charge in [0, 0.05) is 32.1 Å². The summed E-state index contributed by atoms with van der Waals surface area (Å²) in [6.45, 7) is 6.18. The molecule has 1 aromatic heterocycles. The Labute approximate surface area is 103 Å². The van der Waals surface area contributed by atoms with Crippen LogP contribution in [0.5, 0.6) is 0 Å². The minimum Gasteiger partial charge on any atom is -0.327 e. The number of hydrogen-bond donors (Lipinski definition) is 1. The van der Waals surface area contributed by atoms with E-state index in [9.17, 15) is 4.79 Å². The van der Waals surface area contributed by atoms with Gasteiger partial charge in [-0.3, -0.25) is 9.48 Å². The molecular weight excluding hydrogens is 214 g/mol. The Morgan fingerprint density at radius 3 is 2.65 bits per heavy atom. The molecule has 1 rings (SSSR count). The number of nitrogens with zero attached hydrogens (tertiary/aromatic N) is 2. The van der Waals surface area contributed by atoms with Gasteiger partial charge in [0.25, 0.3) is 0 Å². The third-order valence-electron chi connectivity index (χ3n) is 3.01. The zero-order chi connectivity index (χ0) is 13.1. The van der Waals surface area contributed by atoms with Crippen molar-refractivity contribution in [3.8, 4) is 0 Å². The van der Waals surface area contributed by atoms with Crippen LogP contribution < -0.4 is 5.73 Å². The minimum atomic E-state index is -0.0658. The molecule has 0 spiro atoms. The van der Waals surface area contributed by atoms with Gasteiger partial charge in [-0.2, -0.15) is 5.10 Å². The van der Waals surface area contributed by atoms with Crippen molar-refractivity contribution in [2.45, 2.75) is 46.1 Å². The van der Waals surface area contributed by atoms with E-state index >= 15 is 0 Å². The van der Waals surface area contributed by atoms with Crippen molar-refractivity contribution in [3.05, 3.63) is 18.0 Å². The zero-order valence-corrected chi connectivity index (χ0v) is 11.2. The summed E-state index contributed by atoms with van der Waals surface area (Å²) in [5.74, 6) is 0.233. The molecular formula is C13H23N3O. The van der Waals surface area contributed by atoms with E-state index in [0.717, 1.165) is 12.0 Å². The Kier molecular flexibility index (Phi) is 4.46. The van der Waals surface area contributed by atoms with Crippen LogP contribution in [-0.2, 0) is 18.3 Å². The van der Waals surface area contributed by atoms with E-state index in [-0.39, 0.29) is 17.2 Å². The van der Waals surface area contributed by atoms with E-state index < -0.39 is 0 Å². The third-order valence-corrected chi connectivity index (χ3v) is 3.01. The maximum atomic E-state index is 11.8. The highest BCUT2D eigenvalue weighted by Gasteiger charge is 2.22. The van der Waals surface area contributed by atoms with E-state index in [0.29, 0.717) is 12.8 Å². The van der Waals surface area contributed by atoms with Gasteiger partial charge in [0.05, 0.1) is 6.20 Å². The number of nitrogens with two attached hydrogens (primary N) is 1. The van der Waals surface area contributed by atoms with Crippen molar-refractivity contribution in [1.29, 1.82) is 0 Å². The lowest BCUT2D eigenvalue weighted by Gasteiger charge is -2.26. The van der Waals surface area contributed by atoms with E-state index in [1.165, 1.54) is 0 Å². The number of hydrogen-bond acceptors (Lipinski definition) is 3. The van der Waals surface area contributed by atoms with Gasteiger partial charge in [0.1, 0.15) is 5.78 Å². The maximum absolute atomic E-state index is 11.8. The highest BCUT2D eigenvalue weighted by Crippen LogP contribution is 2.20. The molecule has 17 heavy (non-hydrogen) atoms. The number of Topliss-reactive ketones (excluding diaryl/α,β-unsaturated/α-hetero) is 1. The number of ketones is 1. The first kappa shape index (κ1) is 13.9. The van der Waals surface area contributed by atoms with Crippen LogP contribution in [0, 0.1) is 5.41 Å². The molecule has 96 valence electrons. The quantitative estimate of drug-likeness (QED) is 0.847. The Morgan fingerprint density at radius 2 is 2.18 bits per heavy atom. The summed E-state index contributed by atoms with van der Waals surface area (Å²) in [5, 5.41) is 4.08. The lowest BCUT2D eigenvalue weighted by molar-refractivity contribution is -0.119. The van der Waals surface area contributed by atoms with Crippen LogP contribution in [0.2, 0.25) is 0 Å². The van der Waals surface area contributed by atoms with Gasteiger partial charge in [0.15, 0.2) is 0 Å². The molecule has 0 aliphatic carbocycles. The van der Waals surface area contributed by atoms with Crippen molar-refractivity contribution in [2.75, 3.05) is 0 Å². The number of aryl methyl sites for hydroxylation is 2. The van der Waals surface area contributed by atoms with Gasteiger partial charge >= 0.3 is 0 Å². The first-order valence-corrected chi connectivity index (χ1v) is 6.04. The number of rotatable bonds is 5.